The second kappa shape index (κ2) is 6.40. The van der Waals surface area contributed by atoms with Crippen LogP contribution in [0.4, 0.5) is 17.8 Å². The van der Waals surface area contributed by atoms with Gasteiger partial charge in [0.25, 0.3) is 0 Å². The van der Waals surface area contributed by atoms with Gasteiger partial charge in [0.15, 0.2) is 0 Å². The van der Waals surface area contributed by atoms with Crippen LogP contribution in [0.3, 0.4) is 0 Å². The Kier molecular flexibility index (Phi) is 4.79. The van der Waals surface area contributed by atoms with Gasteiger partial charge in [-0.05, 0) is 34.1 Å². The van der Waals surface area contributed by atoms with E-state index in [0.29, 0.717) is 17.8 Å². The molecule has 4 N–H and O–H groups in total. The zero-order chi connectivity index (χ0) is 15.5. The monoisotopic (exact) mass is 295 g/mol. The third kappa shape index (κ3) is 3.33. The van der Waals surface area contributed by atoms with E-state index in [1.165, 1.54) is 0 Å². The molecule has 0 spiro atoms. The minimum Gasteiger partial charge on any atom is -0.376 e. The first-order valence-corrected chi connectivity index (χ1v) is 7.39. The van der Waals surface area contributed by atoms with Crippen molar-refractivity contribution < 1.29 is 4.74 Å². The summed E-state index contributed by atoms with van der Waals surface area (Å²) in [6.07, 6.45) is 1.01. The van der Waals surface area contributed by atoms with Crippen molar-refractivity contribution in [2.75, 3.05) is 35.3 Å². The Morgan fingerprint density at radius 3 is 2.48 bits per heavy atom. The summed E-state index contributed by atoms with van der Waals surface area (Å²) in [7, 11) is 0. The lowest BCUT2D eigenvalue weighted by atomic mass is 9.95. The van der Waals surface area contributed by atoms with Crippen LogP contribution in [0.5, 0.6) is 0 Å². The molecule has 1 fully saturated rings. The highest BCUT2D eigenvalue weighted by Gasteiger charge is 2.37. The van der Waals surface area contributed by atoms with Crippen LogP contribution in [0.25, 0.3) is 0 Å². The molecule has 2 rings (SSSR count). The normalized spacial score (nSPS) is 24.9. The zero-order valence-electron chi connectivity index (χ0n) is 13.2. The van der Waals surface area contributed by atoms with Gasteiger partial charge in [-0.15, -0.1) is 0 Å². The number of ether oxygens (including phenoxy) is 1. The van der Waals surface area contributed by atoms with Crippen LogP contribution in [-0.4, -0.2) is 46.3 Å². The minimum absolute atomic E-state index is 0.0976. The molecule has 0 aromatic carbocycles. The first-order valence-electron chi connectivity index (χ1n) is 7.39. The number of nitrogens with one attached hydrogen (secondary N) is 2. The molecule has 0 aliphatic carbocycles. The molecule has 0 saturated carbocycles. The van der Waals surface area contributed by atoms with Crippen LogP contribution in [-0.2, 0) is 4.74 Å². The van der Waals surface area contributed by atoms with Gasteiger partial charge >= 0.3 is 0 Å². The fraction of sp³-hybridized carbons (Fsp3) is 0.769. The van der Waals surface area contributed by atoms with E-state index in [1.54, 1.807) is 0 Å². The van der Waals surface area contributed by atoms with Crippen LogP contribution in [0.1, 0.15) is 34.1 Å². The van der Waals surface area contributed by atoms with Gasteiger partial charge in [0.1, 0.15) is 0 Å². The Bertz CT molecular complexity index is 480. The second-order valence-corrected chi connectivity index (χ2v) is 5.40. The van der Waals surface area contributed by atoms with Crippen LogP contribution < -0.4 is 21.5 Å². The Morgan fingerprint density at radius 2 is 1.95 bits per heavy atom. The summed E-state index contributed by atoms with van der Waals surface area (Å²) >= 11 is 0. The van der Waals surface area contributed by atoms with Crippen LogP contribution in [0.2, 0.25) is 0 Å². The predicted octanol–water partition coefficient (Wildman–Crippen LogP) is 0.983. The number of hydrogen-bond donors (Lipinski definition) is 3. The first kappa shape index (κ1) is 15.7. The summed E-state index contributed by atoms with van der Waals surface area (Å²) in [6.45, 7) is 10.7. The van der Waals surface area contributed by atoms with Gasteiger partial charge in [0.05, 0.1) is 11.6 Å². The van der Waals surface area contributed by atoms with E-state index < -0.39 is 0 Å². The number of aromatic nitrogens is 3. The minimum atomic E-state index is -0.187. The molecule has 0 radical (unpaired) electrons. The average Bonchev–Trinajstić information content (AvgIpc) is 2.79. The number of nitrogens with zero attached hydrogens (tertiary/aromatic N) is 4. The third-order valence-corrected chi connectivity index (χ3v) is 4.08. The van der Waals surface area contributed by atoms with Crippen molar-refractivity contribution in [1.29, 1.82) is 0 Å². The predicted molar refractivity (Wildman–Crippen MR) is 83.3 cm³/mol. The van der Waals surface area contributed by atoms with Crippen LogP contribution in [0, 0.1) is 0 Å². The number of nitrogen functional groups attached to an aromatic ring is 1. The smallest absolute Gasteiger partial charge is 0.243 e. The van der Waals surface area contributed by atoms with Crippen molar-refractivity contribution in [2.24, 2.45) is 5.84 Å². The largest absolute Gasteiger partial charge is 0.376 e. The van der Waals surface area contributed by atoms with Gasteiger partial charge < -0.3 is 15.0 Å². The summed E-state index contributed by atoms with van der Waals surface area (Å²) in [5.74, 6) is 6.94. The third-order valence-electron chi connectivity index (χ3n) is 4.08. The van der Waals surface area contributed by atoms with E-state index in [1.807, 2.05) is 4.90 Å². The zero-order valence-corrected chi connectivity index (χ0v) is 13.2. The Hall–Kier alpha value is -1.67. The lowest BCUT2D eigenvalue weighted by molar-refractivity contribution is 0.105. The van der Waals surface area contributed by atoms with Gasteiger partial charge in [-0.25, -0.2) is 5.84 Å². The van der Waals surface area contributed by atoms with E-state index in [4.69, 9.17) is 10.6 Å². The van der Waals surface area contributed by atoms with Crippen molar-refractivity contribution >= 4 is 17.8 Å². The Morgan fingerprint density at radius 1 is 1.29 bits per heavy atom. The lowest BCUT2D eigenvalue weighted by Gasteiger charge is -2.29. The van der Waals surface area contributed by atoms with E-state index in [9.17, 15) is 0 Å². The molecule has 1 aromatic rings. The molecule has 1 aliphatic rings. The molecule has 0 amide bonds. The Labute approximate surface area is 125 Å². The first-order chi connectivity index (χ1) is 10.0. The highest BCUT2D eigenvalue weighted by Crippen LogP contribution is 2.29. The molecule has 2 atom stereocenters. The maximum atomic E-state index is 5.63. The molecule has 1 saturated heterocycles. The maximum Gasteiger partial charge on any atom is 0.243 e. The molecule has 1 aromatic heterocycles. The number of anilines is 3. The highest BCUT2D eigenvalue weighted by atomic mass is 16.5. The van der Waals surface area contributed by atoms with Crippen LogP contribution >= 0.6 is 0 Å². The second-order valence-electron chi connectivity index (χ2n) is 5.40. The molecule has 118 valence electrons. The van der Waals surface area contributed by atoms with E-state index >= 15 is 0 Å². The van der Waals surface area contributed by atoms with E-state index in [0.717, 1.165) is 26.1 Å². The van der Waals surface area contributed by atoms with Crippen molar-refractivity contribution in [1.82, 2.24) is 15.0 Å². The van der Waals surface area contributed by atoms with E-state index in [2.05, 4.69) is 53.4 Å². The molecular weight excluding hydrogens is 270 g/mol. The maximum absolute atomic E-state index is 5.63. The highest BCUT2D eigenvalue weighted by molar-refractivity contribution is 5.44. The number of hydrogen-bond acceptors (Lipinski definition) is 8. The van der Waals surface area contributed by atoms with Gasteiger partial charge in [-0.3, -0.25) is 5.43 Å². The van der Waals surface area contributed by atoms with Crippen LogP contribution in [0.15, 0.2) is 0 Å². The molecule has 2 heterocycles. The van der Waals surface area contributed by atoms with Gasteiger partial charge in [-0.2, -0.15) is 15.0 Å². The summed E-state index contributed by atoms with van der Waals surface area (Å²) in [6, 6.07) is 0. The number of hydrazine groups is 1. The molecule has 21 heavy (non-hydrogen) atoms. The summed E-state index contributed by atoms with van der Waals surface area (Å²) in [4.78, 5) is 15.2. The number of nitrogens with two attached hydrogens (primary N) is 1. The van der Waals surface area contributed by atoms with Gasteiger partial charge in [-0.1, -0.05) is 0 Å². The summed E-state index contributed by atoms with van der Waals surface area (Å²) in [5.41, 5.74) is 2.31. The van der Waals surface area contributed by atoms with Crippen molar-refractivity contribution in [3.8, 4) is 0 Å². The fourth-order valence-corrected chi connectivity index (χ4v) is 2.39. The summed E-state index contributed by atoms with van der Waals surface area (Å²) in [5, 5.41) is 3.38. The quantitative estimate of drug-likeness (QED) is 0.527. The Balaban J connectivity index is 2.28. The van der Waals surface area contributed by atoms with Gasteiger partial charge in [0, 0.05) is 19.7 Å². The fourth-order valence-electron chi connectivity index (χ4n) is 2.39. The van der Waals surface area contributed by atoms with Crippen molar-refractivity contribution in [3.63, 3.8) is 0 Å². The molecular formula is C13H25N7O. The number of rotatable bonds is 6. The molecule has 1 aliphatic heterocycles. The topological polar surface area (TPSA) is 101 Å². The standard InChI is InChI=1S/C13H25N7O/c1-5-20(6-2)12-16-10(15-11(17-12)19-14)18-13(4)7-8-21-9(13)3/h9H,5-8,14H2,1-4H3,(H2,15,16,17,18,19). The van der Waals surface area contributed by atoms with Gasteiger partial charge in [0.2, 0.25) is 17.8 Å². The SMILES string of the molecule is CCN(CC)c1nc(NN)nc(NC2(C)CCOC2C)n1. The molecule has 8 heteroatoms. The lowest BCUT2D eigenvalue weighted by Crippen LogP contribution is -2.42. The van der Waals surface area contributed by atoms with Crippen molar-refractivity contribution in [2.45, 2.75) is 45.8 Å². The molecule has 0 bridgehead atoms. The van der Waals surface area contributed by atoms with Crippen molar-refractivity contribution in [3.05, 3.63) is 0 Å². The molecule has 8 nitrogen and oxygen atoms in total. The molecule has 2 unspecified atom stereocenters. The van der Waals surface area contributed by atoms with E-state index in [-0.39, 0.29) is 11.6 Å². The average molecular weight is 295 g/mol. The summed E-state index contributed by atoms with van der Waals surface area (Å²) < 4.78 is 5.63.